The molecule has 1 heterocycles. The van der Waals surface area contributed by atoms with Gasteiger partial charge in [0.15, 0.2) is 11.6 Å². The van der Waals surface area contributed by atoms with E-state index in [4.69, 9.17) is 0 Å². The van der Waals surface area contributed by atoms with Crippen molar-refractivity contribution >= 4 is 11.3 Å². The maximum atomic E-state index is 13.7. The lowest BCUT2D eigenvalue weighted by Crippen LogP contribution is -2.23. The third-order valence-electron chi connectivity index (χ3n) is 2.40. The first kappa shape index (κ1) is 12.1. The highest BCUT2D eigenvalue weighted by Crippen LogP contribution is 2.26. The largest absolute Gasteiger partial charge is 0.304 e. The summed E-state index contributed by atoms with van der Waals surface area (Å²) < 4.78 is 26.9. The van der Waals surface area contributed by atoms with Gasteiger partial charge in [-0.1, -0.05) is 19.1 Å². The van der Waals surface area contributed by atoms with Gasteiger partial charge in [0.1, 0.15) is 5.01 Å². The number of nitrogens with zero attached hydrogens (tertiary/aromatic N) is 1. The quantitative estimate of drug-likeness (QED) is 0.906. The van der Waals surface area contributed by atoms with Gasteiger partial charge in [0, 0.05) is 17.1 Å². The van der Waals surface area contributed by atoms with Crippen LogP contribution >= 0.6 is 11.3 Å². The van der Waals surface area contributed by atoms with Crippen molar-refractivity contribution in [1.82, 2.24) is 10.3 Å². The van der Waals surface area contributed by atoms with Crippen LogP contribution in [0.1, 0.15) is 23.5 Å². The second-order valence-electron chi connectivity index (χ2n) is 3.50. The zero-order valence-electron chi connectivity index (χ0n) is 9.28. The lowest BCUT2D eigenvalue weighted by Gasteiger charge is -2.16. The molecule has 0 saturated carbocycles. The van der Waals surface area contributed by atoms with Gasteiger partial charge in [0.05, 0.1) is 6.04 Å². The van der Waals surface area contributed by atoms with Gasteiger partial charge in [-0.3, -0.25) is 0 Å². The maximum Gasteiger partial charge on any atom is 0.164 e. The van der Waals surface area contributed by atoms with Crippen molar-refractivity contribution in [3.05, 3.63) is 52.0 Å². The molecule has 0 amide bonds. The molecule has 0 saturated heterocycles. The van der Waals surface area contributed by atoms with Crippen LogP contribution in [0.5, 0.6) is 0 Å². The van der Waals surface area contributed by atoms with E-state index in [0.29, 0.717) is 12.1 Å². The van der Waals surface area contributed by atoms with Gasteiger partial charge in [-0.25, -0.2) is 13.8 Å². The van der Waals surface area contributed by atoms with Crippen LogP contribution < -0.4 is 5.32 Å². The predicted octanol–water partition coefficient (Wildman–Crippen LogP) is 3.12. The van der Waals surface area contributed by atoms with Gasteiger partial charge in [0.2, 0.25) is 0 Å². The molecule has 17 heavy (non-hydrogen) atoms. The molecule has 1 N–H and O–H groups in total. The molecule has 0 fully saturated rings. The second kappa shape index (κ2) is 5.33. The SMILES string of the molecule is CCNC(c1nccs1)c1cccc(F)c1F. The molecule has 5 heteroatoms. The van der Waals surface area contributed by atoms with Gasteiger partial charge in [0.25, 0.3) is 0 Å². The molecule has 2 aromatic rings. The molecule has 0 aliphatic rings. The molecule has 1 atom stereocenters. The Morgan fingerprint density at radius 2 is 2.24 bits per heavy atom. The number of hydrogen-bond donors (Lipinski definition) is 1. The molecule has 0 spiro atoms. The van der Waals surface area contributed by atoms with Crippen LogP contribution in [-0.2, 0) is 0 Å². The van der Waals surface area contributed by atoms with Crippen molar-refractivity contribution in [3.8, 4) is 0 Å². The van der Waals surface area contributed by atoms with E-state index in [9.17, 15) is 8.78 Å². The number of rotatable bonds is 4. The highest BCUT2D eigenvalue weighted by atomic mass is 32.1. The zero-order valence-corrected chi connectivity index (χ0v) is 10.1. The van der Waals surface area contributed by atoms with E-state index >= 15 is 0 Å². The van der Waals surface area contributed by atoms with Crippen LogP contribution in [0.25, 0.3) is 0 Å². The Balaban J connectivity index is 2.43. The molecule has 1 unspecified atom stereocenters. The number of nitrogens with one attached hydrogen (secondary N) is 1. The number of hydrogen-bond acceptors (Lipinski definition) is 3. The summed E-state index contributed by atoms with van der Waals surface area (Å²) in [5.74, 6) is -1.64. The van der Waals surface area contributed by atoms with Crippen LogP contribution in [0.4, 0.5) is 8.78 Å². The fourth-order valence-corrected chi connectivity index (χ4v) is 2.38. The third-order valence-corrected chi connectivity index (χ3v) is 3.24. The number of benzene rings is 1. The Kier molecular flexibility index (Phi) is 3.81. The summed E-state index contributed by atoms with van der Waals surface area (Å²) in [4.78, 5) is 4.15. The van der Waals surface area contributed by atoms with E-state index in [1.54, 1.807) is 12.3 Å². The third kappa shape index (κ3) is 2.50. The highest BCUT2D eigenvalue weighted by molar-refractivity contribution is 7.09. The fourth-order valence-electron chi connectivity index (χ4n) is 1.65. The van der Waals surface area contributed by atoms with Crippen molar-refractivity contribution in [3.63, 3.8) is 0 Å². The van der Waals surface area contributed by atoms with Gasteiger partial charge in [-0.05, 0) is 12.6 Å². The standard InChI is InChI=1S/C12H12F2N2S/c1-2-15-11(12-16-6-7-17-12)8-4-3-5-9(13)10(8)14/h3-7,11,15H,2H2,1H3. The molecule has 2 nitrogen and oxygen atoms in total. The average Bonchev–Trinajstić information content (AvgIpc) is 2.84. The Bertz CT molecular complexity index is 485. The predicted molar refractivity (Wildman–Crippen MR) is 64.0 cm³/mol. The minimum absolute atomic E-state index is 0.293. The van der Waals surface area contributed by atoms with Crippen LogP contribution in [-0.4, -0.2) is 11.5 Å². The monoisotopic (exact) mass is 254 g/mol. The van der Waals surface area contributed by atoms with Crippen molar-refractivity contribution < 1.29 is 8.78 Å². The van der Waals surface area contributed by atoms with Gasteiger partial charge < -0.3 is 5.32 Å². The molecule has 0 bridgehead atoms. The second-order valence-corrected chi connectivity index (χ2v) is 4.43. The summed E-state index contributed by atoms with van der Waals surface area (Å²) in [5, 5.41) is 5.66. The fraction of sp³-hybridized carbons (Fsp3) is 0.250. The van der Waals surface area contributed by atoms with Crippen molar-refractivity contribution in [2.45, 2.75) is 13.0 Å². The first-order valence-electron chi connectivity index (χ1n) is 5.30. The molecule has 1 aromatic heterocycles. The Morgan fingerprint density at radius 3 is 2.88 bits per heavy atom. The topological polar surface area (TPSA) is 24.9 Å². The summed E-state index contributed by atoms with van der Waals surface area (Å²) in [7, 11) is 0. The van der Waals surface area contributed by atoms with Crippen LogP contribution in [0.15, 0.2) is 29.8 Å². The van der Waals surface area contributed by atoms with Gasteiger partial charge >= 0.3 is 0 Å². The minimum atomic E-state index is -0.832. The molecule has 0 aliphatic heterocycles. The molecular formula is C12H12F2N2S. The normalized spacial score (nSPS) is 12.6. The lowest BCUT2D eigenvalue weighted by atomic mass is 10.1. The summed E-state index contributed by atoms with van der Waals surface area (Å²) in [6.45, 7) is 2.57. The van der Waals surface area contributed by atoms with Crippen molar-refractivity contribution in [2.75, 3.05) is 6.54 Å². The van der Waals surface area contributed by atoms with E-state index in [2.05, 4.69) is 10.3 Å². The Hall–Kier alpha value is -1.33. The van der Waals surface area contributed by atoms with Gasteiger partial charge in [-0.15, -0.1) is 11.3 Å². The molecule has 0 radical (unpaired) electrons. The summed E-state index contributed by atoms with van der Waals surface area (Å²) in [6.07, 6.45) is 1.65. The van der Waals surface area contributed by atoms with E-state index < -0.39 is 17.7 Å². The minimum Gasteiger partial charge on any atom is -0.304 e. The van der Waals surface area contributed by atoms with Gasteiger partial charge in [-0.2, -0.15) is 0 Å². The van der Waals surface area contributed by atoms with E-state index in [1.807, 2.05) is 12.3 Å². The van der Waals surface area contributed by atoms with Crippen molar-refractivity contribution in [2.24, 2.45) is 0 Å². The summed E-state index contributed by atoms with van der Waals surface area (Å²) >= 11 is 1.42. The summed E-state index contributed by atoms with van der Waals surface area (Å²) in [5.41, 5.74) is 0.293. The van der Waals surface area contributed by atoms with Crippen LogP contribution in [0.3, 0.4) is 0 Å². The number of thiazole rings is 1. The lowest BCUT2D eigenvalue weighted by molar-refractivity contribution is 0.482. The van der Waals surface area contributed by atoms with Crippen LogP contribution in [0.2, 0.25) is 0 Å². The average molecular weight is 254 g/mol. The Morgan fingerprint density at radius 1 is 1.41 bits per heavy atom. The summed E-state index contributed by atoms with van der Waals surface area (Å²) in [6, 6.07) is 3.80. The van der Waals surface area contributed by atoms with Crippen LogP contribution in [0, 0.1) is 11.6 Å². The molecular weight excluding hydrogens is 242 g/mol. The first-order valence-corrected chi connectivity index (χ1v) is 6.18. The zero-order chi connectivity index (χ0) is 12.3. The highest BCUT2D eigenvalue weighted by Gasteiger charge is 2.20. The van der Waals surface area contributed by atoms with E-state index in [0.717, 1.165) is 11.1 Å². The molecule has 0 aliphatic carbocycles. The smallest absolute Gasteiger partial charge is 0.164 e. The molecule has 90 valence electrons. The van der Waals surface area contributed by atoms with Crippen molar-refractivity contribution in [1.29, 1.82) is 0 Å². The molecule has 2 rings (SSSR count). The molecule has 1 aromatic carbocycles. The Labute approximate surface area is 102 Å². The first-order chi connectivity index (χ1) is 8.24. The maximum absolute atomic E-state index is 13.7. The van der Waals surface area contributed by atoms with E-state index in [-0.39, 0.29) is 0 Å². The number of aromatic nitrogens is 1. The van der Waals surface area contributed by atoms with E-state index in [1.165, 1.54) is 17.4 Å². The number of halogens is 2.